The van der Waals surface area contributed by atoms with Crippen molar-refractivity contribution in [1.29, 1.82) is 0 Å². The van der Waals surface area contributed by atoms with Crippen LogP contribution >= 0.6 is 11.3 Å². The fourth-order valence-corrected chi connectivity index (χ4v) is 2.79. The van der Waals surface area contributed by atoms with E-state index in [4.69, 9.17) is 4.74 Å². The molecule has 0 radical (unpaired) electrons. The highest BCUT2D eigenvalue weighted by molar-refractivity contribution is 7.15. The van der Waals surface area contributed by atoms with E-state index in [9.17, 15) is 4.79 Å². The molecule has 0 unspecified atom stereocenters. The SMILES string of the molecule is COC(=O)c1nc(C)sc1-c1ccc(C(C)C)cc1. The van der Waals surface area contributed by atoms with Gasteiger partial charge in [-0.15, -0.1) is 11.3 Å². The van der Waals surface area contributed by atoms with Crippen LogP contribution in [0, 0.1) is 6.92 Å². The van der Waals surface area contributed by atoms with Gasteiger partial charge in [-0.05, 0) is 24.0 Å². The Kier molecular flexibility index (Phi) is 4.00. The Morgan fingerprint density at radius 3 is 2.42 bits per heavy atom. The molecular weight excluding hydrogens is 258 g/mol. The molecule has 19 heavy (non-hydrogen) atoms. The number of carbonyl (C=O) groups is 1. The maximum Gasteiger partial charge on any atom is 0.358 e. The van der Waals surface area contributed by atoms with Crippen LogP contribution in [0.15, 0.2) is 24.3 Å². The molecule has 3 nitrogen and oxygen atoms in total. The second-order valence-electron chi connectivity index (χ2n) is 4.68. The Morgan fingerprint density at radius 2 is 1.89 bits per heavy atom. The summed E-state index contributed by atoms with van der Waals surface area (Å²) in [7, 11) is 1.38. The van der Waals surface area contributed by atoms with Gasteiger partial charge in [-0.1, -0.05) is 38.1 Å². The van der Waals surface area contributed by atoms with E-state index in [2.05, 4.69) is 31.0 Å². The molecule has 0 bridgehead atoms. The maximum atomic E-state index is 11.7. The van der Waals surface area contributed by atoms with Gasteiger partial charge >= 0.3 is 5.97 Å². The summed E-state index contributed by atoms with van der Waals surface area (Å²) in [5.41, 5.74) is 2.70. The van der Waals surface area contributed by atoms with Crippen LogP contribution in [0.1, 0.15) is 40.8 Å². The van der Waals surface area contributed by atoms with E-state index in [0.717, 1.165) is 15.4 Å². The van der Waals surface area contributed by atoms with Gasteiger partial charge < -0.3 is 4.74 Å². The number of hydrogen-bond acceptors (Lipinski definition) is 4. The second kappa shape index (κ2) is 5.53. The molecule has 1 heterocycles. The van der Waals surface area contributed by atoms with Crippen molar-refractivity contribution in [2.45, 2.75) is 26.7 Å². The summed E-state index contributed by atoms with van der Waals surface area (Å²) < 4.78 is 4.78. The minimum Gasteiger partial charge on any atom is -0.464 e. The Labute approximate surface area is 117 Å². The first-order chi connectivity index (χ1) is 9.02. The number of rotatable bonds is 3. The van der Waals surface area contributed by atoms with Crippen molar-refractivity contribution in [3.05, 3.63) is 40.5 Å². The number of hydrogen-bond donors (Lipinski definition) is 0. The lowest BCUT2D eigenvalue weighted by molar-refractivity contribution is 0.0595. The van der Waals surface area contributed by atoms with Crippen molar-refractivity contribution in [3.8, 4) is 10.4 Å². The van der Waals surface area contributed by atoms with Crippen molar-refractivity contribution in [3.63, 3.8) is 0 Å². The van der Waals surface area contributed by atoms with Gasteiger partial charge in [0.2, 0.25) is 0 Å². The van der Waals surface area contributed by atoms with Crippen LogP contribution in [0.4, 0.5) is 0 Å². The third-order valence-electron chi connectivity index (χ3n) is 2.95. The van der Waals surface area contributed by atoms with Crippen LogP contribution < -0.4 is 0 Å². The standard InChI is InChI=1S/C15H17NO2S/c1-9(2)11-5-7-12(8-6-11)14-13(15(17)18-4)16-10(3)19-14/h5-9H,1-4H3. The molecule has 4 heteroatoms. The number of carbonyl (C=O) groups excluding carboxylic acids is 1. The van der Waals surface area contributed by atoms with Crippen LogP contribution in [0.5, 0.6) is 0 Å². The average Bonchev–Trinajstić information content (AvgIpc) is 2.80. The van der Waals surface area contributed by atoms with Crippen LogP contribution in [0.25, 0.3) is 10.4 Å². The first-order valence-corrected chi connectivity index (χ1v) is 7.00. The van der Waals surface area contributed by atoms with Crippen molar-refractivity contribution >= 4 is 17.3 Å². The second-order valence-corrected chi connectivity index (χ2v) is 5.88. The Morgan fingerprint density at radius 1 is 1.26 bits per heavy atom. The molecule has 0 N–H and O–H groups in total. The number of methoxy groups -OCH3 is 1. The van der Waals surface area contributed by atoms with Gasteiger partial charge in [0.05, 0.1) is 17.0 Å². The van der Waals surface area contributed by atoms with Crippen molar-refractivity contribution in [2.75, 3.05) is 7.11 Å². The fourth-order valence-electron chi connectivity index (χ4n) is 1.88. The lowest BCUT2D eigenvalue weighted by atomic mass is 10.0. The number of esters is 1. The molecule has 0 saturated heterocycles. The lowest BCUT2D eigenvalue weighted by Gasteiger charge is -2.06. The lowest BCUT2D eigenvalue weighted by Crippen LogP contribution is -2.03. The molecule has 0 aliphatic heterocycles. The quantitative estimate of drug-likeness (QED) is 0.794. The smallest absolute Gasteiger partial charge is 0.358 e. The Bertz CT molecular complexity index is 585. The molecule has 0 atom stereocenters. The van der Waals surface area contributed by atoms with Crippen LogP contribution in [-0.2, 0) is 4.74 Å². The van der Waals surface area contributed by atoms with Crippen molar-refractivity contribution < 1.29 is 9.53 Å². The predicted molar refractivity (Wildman–Crippen MR) is 77.7 cm³/mol. The summed E-state index contributed by atoms with van der Waals surface area (Å²) in [6, 6.07) is 8.26. The molecule has 1 aromatic carbocycles. The highest BCUT2D eigenvalue weighted by Gasteiger charge is 2.18. The molecule has 2 aromatic rings. The van der Waals surface area contributed by atoms with Crippen LogP contribution in [-0.4, -0.2) is 18.1 Å². The number of nitrogens with zero attached hydrogens (tertiary/aromatic N) is 1. The number of aryl methyl sites for hydroxylation is 1. The van der Waals surface area contributed by atoms with Gasteiger partial charge in [0.1, 0.15) is 0 Å². The van der Waals surface area contributed by atoms with E-state index in [1.807, 2.05) is 19.1 Å². The Hall–Kier alpha value is -1.68. The summed E-state index contributed by atoms with van der Waals surface area (Å²) in [5, 5.41) is 0.864. The first kappa shape index (κ1) is 13.7. The zero-order valence-electron chi connectivity index (χ0n) is 11.6. The maximum absolute atomic E-state index is 11.7. The molecule has 0 fully saturated rings. The van der Waals surface area contributed by atoms with Crippen molar-refractivity contribution in [2.24, 2.45) is 0 Å². The number of ether oxygens (including phenoxy) is 1. The molecule has 0 aliphatic carbocycles. The van der Waals surface area contributed by atoms with Gasteiger partial charge in [-0.2, -0.15) is 0 Å². The van der Waals surface area contributed by atoms with E-state index >= 15 is 0 Å². The highest BCUT2D eigenvalue weighted by atomic mass is 32.1. The number of thiazole rings is 1. The minimum absolute atomic E-state index is 0.382. The average molecular weight is 275 g/mol. The number of aromatic nitrogens is 1. The molecular formula is C15H17NO2S. The van der Waals surface area contributed by atoms with Gasteiger partial charge in [-0.25, -0.2) is 9.78 Å². The van der Waals surface area contributed by atoms with E-state index in [1.54, 1.807) is 0 Å². The largest absolute Gasteiger partial charge is 0.464 e. The summed E-state index contributed by atoms with van der Waals surface area (Å²) in [6.45, 7) is 6.21. The normalized spacial score (nSPS) is 10.8. The van der Waals surface area contributed by atoms with E-state index in [1.165, 1.54) is 24.0 Å². The molecule has 0 aliphatic rings. The predicted octanol–water partition coefficient (Wildman–Crippen LogP) is 4.03. The molecule has 2 rings (SSSR count). The highest BCUT2D eigenvalue weighted by Crippen LogP contribution is 2.31. The molecule has 1 aromatic heterocycles. The monoisotopic (exact) mass is 275 g/mol. The zero-order chi connectivity index (χ0) is 14.0. The summed E-state index contributed by atoms with van der Waals surface area (Å²) in [4.78, 5) is 16.9. The first-order valence-electron chi connectivity index (χ1n) is 6.19. The van der Waals surface area contributed by atoms with Crippen molar-refractivity contribution in [1.82, 2.24) is 4.98 Å². The van der Waals surface area contributed by atoms with Gasteiger partial charge in [0.15, 0.2) is 5.69 Å². The van der Waals surface area contributed by atoms with E-state index < -0.39 is 0 Å². The summed E-state index contributed by atoms with van der Waals surface area (Å²) >= 11 is 1.51. The fraction of sp³-hybridized carbons (Fsp3) is 0.333. The molecule has 0 saturated carbocycles. The molecule has 100 valence electrons. The third-order valence-corrected chi connectivity index (χ3v) is 3.97. The summed E-state index contributed by atoms with van der Waals surface area (Å²) in [6.07, 6.45) is 0. The van der Waals surface area contributed by atoms with Crippen LogP contribution in [0.2, 0.25) is 0 Å². The van der Waals surface area contributed by atoms with Crippen LogP contribution in [0.3, 0.4) is 0 Å². The minimum atomic E-state index is -0.382. The topological polar surface area (TPSA) is 39.2 Å². The Balaban J connectivity index is 2.44. The molecule has 0 spiro atoms. The van der Waals surface area contributed by atoms with E-state index in [-0.39, 0.29) is 5.97 Å². The zero-order valence-corrected chi connectivity index (χ0v) is 12.4. The van der Waals surface area contributed by atoms with Gasteiger partial charge in [-0.3, -0.25) is 0 Å². The number of benzene rings is 1. The van der Waals surface area contributed by atoms with E-state index in [0.29, 0.717) is 11.6 Å². The third kappa shape index (κ3) is 2.84. The summed E-state index contributed by atoms with van der Waals surface area (Å²) in [5.74, 6) is 0.115. The molecule has 0 amide bonds. The van der Waals surface area contributed by atoms with Gasteiger partial charge in [0, 0.05) is 0 Å². The van der Waals surface area contributed by atoms with Gasteiger partial charge in [0.25, 0.3) is 0 Å².